The molecule has 1 N–H and O–H groups in total. The molecule has 1 fully saturated rings. The molecule has 154 valence electrons. The van der Waals surface area contributed by atoms with Crippen molar-refractivity contribution in [2.24, 2.45) is 5.92 Å². The van der Waals surface area contributed by atoms with Gasteiger partial charge in [0.25, 0.3) is 0 Å². The standard InChI is InChI=1S/C24H26N4OS/c1-30-21-9-7-18(8-10-21)17-26-24(29)20-12-15-28(16-13-20)22-11-14-25-23(27-22)19-5-3-2-4-6-19/h2-11,14,20H,12-13,15-17H2,1H3,(H,26,29). The zero-order chi connectivity index (χ0) is 20.8. The highest BCUT2D eigenvalue weighted by molar-refractivity contribution is 7.98. The van der Waals surface area contributed by atoms with Crippen LogP contribution in [0.25, 0.3) is 11.4 Å². The maximum atomic E-state index is 12.6. The minimum Gasteiger partial charge on any atom is -0.356 e. The van der Waals surface area contributed by atoms with Crippen LogP contribution in [0.1, 0.15) is 18.4 Å². The van der Waals surface area contributed by atoms with Gasteiger partial charge in [0.05, 0.1) is 0 Å². The van der Waals surface area contributed by atoms with E-state index >= 15 is 0 Å². The number of hydrogen-bond donors (Lipinski definition) is 1. The molecule has 1 aromatic heterocycles. The fourth-order valence-corrected chi connectivity index (χ4v) is 4.11. The Morgan fingerprint density at radius 1 is 1.07 bits per heavy atom. The number of carbonyl (C=O) groups is 1. The predicted octanol–water partition coefficient (Wildman–Crippen LogP) is 4.40. The van der Waals surface area contributed by atoms with Gasteiger partial charge < -0.3 is 10.2 Å². The Kier molecular flexibility index (Phi) is 6.64. The second kappa shape index (κ2) is 9.76. The molecule has 0 bridgehead atoms. The number of amides is 1. The molecule has 0 unspecified atom stereocenters. The third kappa shape index (κ3) is 5.00. The van der Waals surface area contributed by atoms with E-state index in [1.807, 2.05) is 42.6 Å². The molecule has 6 heteroatoms. The van der Waals surface area contributed by atoms with Crippen LogP contribution in [-0.2, 0) is 11.3 Å². The first-order valence-corrected chi connectivity index (χ1v) is 11.5. The molecule has 30 heavy (non-hydrogen) atoms. The van der Waals surface area contributed by atoms with E-state index in [0.29, 0.717) is 6.54 Å². The largest absolute Gasteiger partial charge is 0.356 e. The first-order valence-electron chi connectivity index (χ1n) is 10.3. The second-order valence-electron chi connectivity index (χ2n) is 7.43. The molecule has 3 aromatic rings. The summed E-state index contributed by atoms with van der Waals surface area (Å²) in [5, 5.41) is 3.10. The van der Waals surface area contributed by atoms with E-state index < -0.39 is 0 Å². The van der Waals surface area contributed by atoms with Gasteiger partial charge in [0.15, 0.2) is 5.82 Å². The van der Waals surface area contributed by atoms with Crippen LogP contribution in [-0.4, -0.2) is 35.2 Å². The van der Waals surface area contributed by atoms with Crippen LogP contribution in [0.4, 0.5) is 5.82 Å². The van der Waals surface area contributed by atoms with E-state index in [4.69, 9.17) is 4.98 Å². The van der Waals surface area contributed by atoms with Crippen LogP contribution in [0.3, 0.4) is 0 Å². The number of benzene rings is 2. The van der Waals surface area contributed by atoms with E-state index in [2.05, 4.69) is 45.7 Å². The highest BCUT2D eigenvalue weighted by atomic mass is 32.2. The quantitative estimate of drug-likeness (QED) is 0.602. The van der Waals surface area contributed by atoms with Crippen molar-refractivity contribution in [1.29, 1.82) is 0 Å². The molecule has 5 nitrogen and oxygen atoms in total. The number of nitrogens with one attached hydrogen (secondary N) is 1. The molecule has 0 spiro atoms. The van der Waals surface area contributed by atoms with Crippen molar-refractivity contribution < 1.29 is 4.79 Å². The Morgan fingerprint density at radius 2 is 1.80 bits per heavy atom. The maximum Gasteiger partial charge on any atom is 0.223 e. The molecule has 1 aliphatic rings. The van der Waals surface area contributed by atoms with Crippen molar-refractivity contribution in [1.82, 2.24) is 15.3 Å². The summed E-state index contributed by atoms with van der Waals surface area (Å²) in [6.45, 7) is 2.23. The third-order valence-electron chi connectivity index (χ3n) is 5.49. The summed E-state index contributed by atoms with van der Waals surface area (Å²) in [7, 11) is 0. The van der Waals surface area contributed by atoms with Gasteiger partial charge in [-0.3, -0.25) is 4.79 Å². The van der Waals surface area contributed by atoms with Crippen LogP contribution in [0, 0.1) is 5.92 Å². The lowest BCUT2D eigenvalue weighted by Gasteiger charge is -2.32. The van der Waals surface area contributed by atoms with E-state index in [1.165, 1.54) is 4.90 Å². The number of piperidine rings is 1. The number of anilines is 1. The topological polar surface area (TPSA) is 58.1 Å². The summed E-state index contributed by atoms with van der Waals surface area (Å²) >= 11 is 1.72. The summed E-state index contributed by atoms with van der Waals surface area (Å²) in [4.78, 5) is 25.2. The van der Waals surface area contributed by atoms with Crippen molar-refractivity contribution >= 4 is 23.5 Å². The summed E-state index contributed by atoms with van der Waals surface area (Å²) in [6.07, 6.45) is 5.54. The molecule has 0 aliphatic carbocycles. The first kappa shape index (κ1) is 20.4. The van der Waals surface area contributed by atoms with E-state index in [9.17, 15) is 4.79 Å². The van der Waals surface area contributed by atoms with Gasteiger partial charge >= 0.3 is 0 Å². The normalized spacial score (nSPS) is 14.5. The van der Waals surface area contributed by atoms with E-state index in [0.717, 1.165) is 48.7 Å². The Morgan fingerprint density at radius 3 is 2.50 bits per heavy atom. The van der Waals surface area contributed by atoms with Crippen molar-refractivity contribution in [2.45, 2.75) is 24.3 Å². The van der Waals surface area contributed by atoms with Gasteiger partial charge in [-0.05, 0) is 42.9 Å². The van der Waals surface area contributed by atoms with Gasteiger partial charge in [0.2, 0.25) is 5.91 Å². The number of carbonyl (C=O) groups excluding carboxylic acids is 1. The molecular weight excluding hydrogens is 392 g/mol. The summed E-state index contributed by atoms with van der Waals surface area (Å²) < 4.78 is 0. The number of hydrogen-bond acceptors (Lipinski definition) is 5. The van der Waals surface area contributed by atoms with Crippen LogP contribution >= 0.6 is 11.8 Å². The van der Waals surface area contributed by atoms with Crippen molar-refractivity contribution in [3.8, 4) is 11.4 Å². The highest BCUT2D eigenvalue weighted by Crippen LogP contribution is 2.24. The molecule has 0 radical (unpaired) electrons. The van der Waals surface area contributed by atoms with Crippen molar-refractivity contribution in [3.63, 3.8) is 0 Å². The molecular formula is C24H26N4OS. The molecule has 1 saturated heterocycles. The zero-order valence-corrected chi connectivity index (χ0v) is 17.9. The fourth-order valence-electron chi connectivity index (χ4n) is 3.70. The van der Waals surface area contributed by atoms with Gasteiger partial charge in [-0.15, -0.1) is 11.8 Å². The zero-order valence-electron chi connectivity index (χ0n) is 17.1. The van der Waals surface area contributed by atoms with Gasteiger partial charge in [-0.2, -0.15) is 0 Å². The number of thioether (sulfide) groups is 1. The lowest BCUT2D eigenvalue weighted by molar-refractivity contribution is -0.125. The number of aromatic nitrogens is 2. The molecule has 2 aromatic carbocycles. The average Bonchev–Trinajstić information content (AvgIpc) is 2.83. The lowest BCUT2D eigenvalue weighted by atomic mass is 9.96. The van der Waals surface area contributed by atoms with E-state index in [1.54, 1.807) is 11.8 Å². The van der Waals surface area contributed by atoms with Crippen molar-refractivity contribution in [3.05, 3.63) is 72.4 Å². The van der Waals surface area contributed by atoms with E-state index in [-0.39, 0.29) is 11.8 Å². The summed E-state index contributed by atoms with van der Waals surface area (Å²) in [5.41, 5.74) is 2.15. The Bertz CT molecular complexity index is 970. The van der Waals surface area contributed by atoms with Crippen molar-refractivity contribution in [2.75, 3.05) is 24.2 Å². The molecule has 0 saturated carbocycles. The highest BCUT2D eigenvalue weighted by Gasteiger charge is 2.25. The first-order chi connectivity index (χ1) is 14.7. The predicted molar refractivity (Wildman–Crippen MR) is 122 cm³/mol. The lowest BCUT2D eigenvalue weighted by Crippen LogP contribution is -2.40. The summed E-state index contributed by atoms with van der Waals surface area (Å²) in [6, 6.07) is 20.3. The Labute approximate surface area is 181 Å². The minimum absolute atomic E-state index is 0.0575. The van der Waals surface area contributed by atoms with Crippen LogP contribution in [0.2, 0.25) is 0 Å². The number of nitrogens with zero attached hydrogens (tertiary/aromatic N) is 3. The monoisotopic (exact) mass is 418 g/mol. The maximum absolute atomic E-state index is 12.6. The third-order valence-corrected chi connectivity index (χ3v) is 6.23. The van der Waals surface area contributed by atoms with Crippen LogP contribution in [0.15, 0.2) is 71.8 Å². The van der Waals surface area contributed by atoms with Crippen LogP contribution in [0.5, 0.6) is 0 Å². The molecule has 0 atom stereocenters. The SMILES string of the molecule is CSc1ccc(CNC(=O)C2CCN(c3ccnc(-c4ccccc4)n3)CC2)cc1. The fraction of sp³-hybridized carbons (Fsp3) is 0.292. The smallest absolute Gasteiger partial charge is 0.223 e. The Balaban J connectivity index is 1.30. The Hall–Kier alpha value is -2.86. The van der Waals surface area contributed by atoms with Gasteiger partial charge in [0, 0.05) is 42.2 Å². The molecule has 2 heterocycles. The minimum atomic E-state index is 0.0575. The average molecular weight is 419 g/mol. The molecule has 1 amide bonds. The number of rotatable bonds is 6. The molecule has 1 aliphatic heterocycles. The van der Waals surface area contributed by atoms with Gasteiger partial charge in [-0.1, -0.05) is 42.5 Å². The van der Waals surface area contributed by atoms with Gasteiger partial charge in [0.1, 0.15) is 5.82 Å². The molecule has 4 rings (SSSR count). The second-order valence-corrected chi connectivity index (χ2v) is 8.31. The van der Waals surface area contributed by atoms with Gasteiger partial charge in [-0.25, -0.2) is 9.97 Å². The summed E-state index contributed by atoms with van der Waals surface area (Å²) in [5.74, 6) is 1.87. The van der Waals surface area contributed by atoms with Crippen LogP contribution < -0.4 is 10.2 Å².